The highest BCUT2D eigenvalue weighted by Gasteiger charge is 2.26. The molecule has 0 saturated carbocycles. The van der Waals surface area contributed by atoms with Gasteiger partial charge in [-0.25, -0.2) is 4.39 Å². The average molecular weight is 390 g/mol. The van der Waals surface area contributed by atoms with Gasteiger partial charge >= 0.3 is 0 Å². The van der Waals surface area contributed by atoms with E-state index >= 15 is 0 Å². The second-order valence-corrected chi connectivity index (χ2v) is 6.95. The predicted molar refractivity (Wildman–Crippen MR) is 112 cm³/mol. The SMILES string of the molecule is CC(=O)c1cccc(NC(=O)C(c2ccccc2)N(C)Cc2ccccc2F)c1. The number of rotatable bonds is 7. The van der Waals surface area contributed by atoms with Crippen molar-refractivity contribution in [3.63, 3.8) is 0 Å². The molecule has 0 aliphatic heterocycles. The molecule has 5 heteroatoms. The van der Waals surface area contributed by atoms with E-state index in [4.69, 9.17) is 0 Å². The van der Waals surface area contributed by atoms with Crippen LogP contribution in [-0.2, 0) is 11.3 Å². The molecule has 3 rings (SSSR count). The highest BCUT2D eigenvalue weighted by atomic mass is 19.1. The third-order valence-electron chi connectivity index (χ3n) is 4.72. The van der Waals surface area contributed by atoms with E-state index < -0.39 is 6.04 Å². The van der Waals surface area contributed by atoms with Crippen LogP contribution in [0.25, 0.3) is 0 Å². The molecule has 29 heavy (non-hydrogen) atoms. The van der Waals surface area contributed by atoms with E-state index in [1.54, 1.807) is 54.4 Å². The molecule has 1 atom stereocenters. The number of carbonyl (C=O) groups is 2. The fraction of sp³-hybridized carbons (Fsp3) is 0.167. The van der Waals surface area contributed by atoms with Crippen LogP contribution in [0, 0.1) is 5.82 Å². The first-order valence-electron chi connectivity index (χ1n) is 9.36. The van der Waals surface area contributed by atoms with Gasteiger partial charge in [0.2, 0.25) is 5.91 Å². The van der Waals surface area contributed by atoms with E-state index in [0.29, 0.717) is 16.8 Å². The lowest BCUT2D eigenvalue weighted by atomic mass is 10.0. The van der Waals surface area contributed by atoms with Gasteiger partial charge in [-0.1, -0.05) is 60.7 Å². The van der Waals surface area contributed by atoms with Gasteiger partial charge in [0.05, 0.1) is 0 Å². The van der Waals surface area contributed by atoms with Crippen molar-refractivity contribution in [2.75, 3.05) is 12.4 Å². The molecule has 0 bridgehead atoms. The number of amides is 1. The second-order valence-electron chi connectivity index (χ2n) is 6.95. The number of halogens is 1. The maximum absolute atomic E-state index is 14.1. The molecular formula is C24H23FN2O2. The van der Waals surface area contributed by atoms with Gasteiger partial charge in [-0.05, 0) is 37.7 Å². The summed E-state index contributed by atoms with van der Waals surface area (Å²) in [6.07, 6.45) is 0. The van der Waals surface area contributed by atoms with E-state index in [0.717, 1.165) is 5.56 Å². The van der Waals surface area contributed by atoms with Crippen molar-refractivity contribution in [2.45, 2.75) is 19.5 Å². The molecular weight excluding hydrogens is 367 g/mol. The summed E-state index contributed by atoms with van der Waals surface area (Å²) in [6.45, 7) is 1.75. The maximum Gasteiger partial charge on any atom is 0.246 e. The van der Waals surface area contributed by atoms with Gasteiger partial charge in [-0.15, -0.1) is 0 Å². The lowest BCUT2D eigenvalue weighted by Gasteiger charge is -2.28. The molecule has 0 saturated heterocycles. The third-order valence-corrected chi connectivity index (χ3v) is 4.72. The number of hydrogen-bond acceptors (Lipinski definition) is 3. The molecule has 0 aromatic heterocycles. The summed E-state index contributed by atoms with van der Waals surface area (Å²) in [7, 11) is 1.79. The first-order valence-corrected chi connectivity index (χ1v) is 9.36. The van der Waals surface area contributed by atoms with Gasteiger partial charge in [-0.3, -0.25) is 14.5 Å². The minimum Gasteiger partial charge on any atom is -0.324 e. The van der Waals surface area contributed by atoms with Crippen LogP contribution in [0.4, 0.5) is 10.1 Å². The molecule has 3 aromatic rings. The Kier molecular flexibility index (Phi) is 6.52. The molecule has 148 valence electrons. The van der Waals surface area contributed by atoms with Gasteiger partial charge in [0.25, 0.3) is 0 Å². The molecule has 0 spiro atoms. The van der Waals surface area contributed by atoms with Gasteiger partial charge in [0.1, 0.15) is 11.9 Å². The Morgan fingerprint density at radius 1 is 0.966 bits per heavy atom. The number of Topliss-reactive ketones (excluding diaryl/α,β-unsaturated/α-hetero) is 1. The van der Waals surface area contributed by atoms with Crippen molar-refractivity contribution in [1.29, 1.82) is 0 Å². The zero-order chi connectivity index (χ0) is 20.8. The Morgan fingerprint density at radius 2 is 1.66 bits per heavy atom. The Morgan fingerprint density at radius 3 is 2.34 bits per heavy atom. The van der Waals surface area contributed by atoms with Gasteiger partial charge in [0.15, 0.2) is 5.78 Å². The normalized spacial score (nSPS) is 11.9. The molecule has 0 radical (unpaired) electrons. The summed E-state index contributed by atoms with van der Waals surface area (Å²) in [4.78, 5) is 26.6. The number of likely N-dealkylation sites (N-methyl/N-ethyl adjacent to an activating group) is 1. The van der Waals surface area contributed by atoms with Crippen molar-refractivity contribution >= 4 is 17.4 Å². The standard InChI is InChI=1S/C24H23FN2O2/c1-17(28)19-12-8-13-21(15-19)26-24(29)23(18-9-4-3-5-10-18)27(2)16-20-11-6-7-14-22(20)25/h3-15,23H,16H2,1-2H3,(H,26,29). The van der Waals surface area contributed by atoms with Crippen LogP contribution in [0.3, 0.4) is 0 Å². The molecule has 3 aromatic carbocycles. The lowest BCUT2D eigenvalue weighted by Crippen LogP contribution is -2.34. The number of nitrogens with one attached hydrogen (secondary N) is 1. The Bertz CT molecular complexity index is 1000. The Balaban J connectivity index is 1.87. The summed E-state index contributed by atoms with van der Waals surface area (Å²) >= 11 is 0. The fourth-order valence-corrected chi connectivity index (χ4v) is 3.25. The molecule has 1 unspecified atom stereocenters. The monoisotopic (exact) mass is 390 g/mol. The van der Waals surface area contributed by atoms with Crippen LogP contribution >= 0.6 is 0 Å². The molecule has 1 amide bonds. The number of anilines is 1. The topological polar surface area (TPSA) is 49.4 Å². The number of hydrogen-bond donors (Lipinski definition) is 1. The molecule has 1 N–H and O–H groups in total. The van der Waals surface area contributed by atoms with Gasteiger partial charge in [0, 0.05) is 23.4 Å². The van der Waals surface area contributed by atoms with Crippen molar-refractivity contribution in [2.24, 2.45) is 0 Å². The number of ketones is 1. The predicted octanol–water partition coefficient (Wildman–Crippen LogP) is 4.84. The Hall–Kier alpha value is -3.31. The highest BCUT2D eigenvalue weighted by molar-refractivity contribution is 5.98. The van der Waals surface area contributed by atoms with E-state index in [1.165, 1.54) is 13.0 Å². The van der Waals surface area contributed by atoms with Crippen LogP contribution in [0.1, 0.15) is 34.5 Å². The number of carbonyl (C=O) groups excluding carboxylic acids is 2. The smallest absolute Gasteiger partial charge is 0.246 e. The average Bonchev–Trinajstić information content (AvgIpc) is 2.71. The quantitative estimate of drug-likeness (QED) is 0.587. The minimum atomic E-state index is -0.628. The summed E-state index contributed by atoms with van der Waals surface area (Å²) in [6, 6.07) is 22.1. The van der Waals surface area contributed by atoms with Crippen LogP contribution < -0.4 is 5.32 Å². The van der Waals surface area contributed by atoms with Crippen LogP contribution in [0.15, 0.2) is 78.9 Å². The van der Waals surface area contributed by atoms with Gasteiger partial charge in [-0.2, -0.15) is 0 Å². The zero-order valence-electron chi connectivity index (χ0n) is 16.4. The van der Waals surface area contributed by atoms with E-state index in [1.807, 2.05) is 30.3 Å². The highest BCUT2D eigenvalue weighted by Crippen LogP contribution is 2.24. The third kappa shape index (κ3) is 5.15. The summed E-state index contributed by atoms with van der Waals surface area (Å²) < 4.78 is 14.1. The molecule has 4 nitrogen and oxygen atoms in total. The zero-order valence-corrected chi connectivity index (χ0v) is 16.4. The van der Waals surface area contributed by atoms with E-state index in [-0.39, 0.29) is 24.1 Å². The van der Waals surface area contributed by atoms with E-state index in [9.17, 15) is 14.0 Å². The second kappa shape index (κ2) is 9.26. The first kappa shape index (κ1) is 20.4. The van der Waals surface area contributed by atoms with Crippen LogP contribution in [-0.4, -0.2) is 23.6 Å². The van der Waals surface area contributed by atoms with Crippen molar-refractivity contribution in [3.05, 3.63) is 101 Å². The number of benzene rings is 3. The van der Waals surface area contributed by atoms with Crippen molar-refractivity contribution in [3.8, 4) is 0 Å². The molecule has 0 aliphatic rings. The molecule has 0 heterocycles. The minimum absolute atomic E-state index is 0.0719. The molecule has 0 fully saturated rings. The lowest BCUT2D eigenvalue weighted by molar-refractivity contribution is -0.121. The van der Waals surface area contributed by atoms with Gasteiger partial charge < -0.3 is 5.32 Å². The fourth-order valence-electron chi connectivity index (χ4n) is 3.25. The number of nitrogens with zero attached hydrogens (tertiary/aromatic N) is 1. The van der Waals surface area contributed by atoms with Crippen molar-refractivity contribution in [1.82, 2.24) is 4.90 Å². The Labute approximate surface area is 170 Å². The maximum atomic E-state index is 14.1. The molecule has 0 aliphatic carbocycles. The summed E-state index contributed by atoms with van der Waals surface area (Å²) in [5, 5.41) is 2.89. The summed E-state index contributed by atoms with van der Waals surface area (Å²) in [5.74, 6) is -0.631. The largest absolute Gasteiger partial charge is 0.324 e. The van der Waals surface area contributed by atoms with Crippen molar-refractivity contribution < 1.29 is 14.0 Å². The summed E-state index contributed by atoms with van der Waals surface area (Å²) in [5.41, 5.74) is 2.38. The van der Waals surface area contributed by atoms with Crippen LogP contribution in [0.5, 0.6) is 0 Å². The van der Waals surface area contributed by atoms with Crippen LogP contribution in [0.2, 0.25) is 0 Å². The first-order chi connectivity index (χ1) is 14.0. The van der Waals surface area contributed by atoms with E-state index in [2.05, 4.69) is 5.32 Å².